The molecule has 5 heteroatoms. The Bertz CT molecular complexity index is 361. The van der Waals surface area contributed by atoms with E-state index in [9.17, 15) is 4.79 Å². The Balaban J connectivity index is 2.05. The molecular weight excluding hydrogens is 248 g/mol. The smallest absolute Gasteiger partial charge is 0.307 e. The lowest BCUT2D eigenvalue weighted by molar-refractivity contribution is -0.144. The zero-order valence-electron chi connectivity index (χ0n) is 10.8. The minimum Gasteiger partial charge on any atom is -0.466 e. The lowest BCUT2D eigenvalue weighted by Crippen LogP contribution is -2.35. The van der Waals surface area contributed by atoms with Crippen LogP contribution in [0.25, 0.3) is 0 Å². The topological polar surface area (TPSA) is 42.4 Å². The van der Waals surface area contributed by atoms with Crippen molar-refractivity contribution < 1.29 is 9.53 Å². The lowest BCUT2D eigenvalue weighted by Gasteiger charge is -2.33. The quantitative estimate of drug-likeness (QED) is 0.770. The minimum absolute atomic E-state index is 0.0931. The summed E-state index contributed by atoms with van der Waals surface area (Å²) in [5.41, 5.74) is 2.84. The van der Waals surface area contributed by atoms with E-state index in [0.29, 0.717) is 13.0 Å². The van der Waals surface area contributed by atoms with Gasteiger partial charge < -0.3 is 4.74 Å². The first kappa shape index (κ1) is 13.5. The van der Waals surface area contributed by atoms with Crippen molar-refractivity contribution in [2.75, 3.05) is 19.7 Å². The molecule has 1 aromatic rings. The third-order valence-corrected chi connectivity index (χ3v) is 3.89. The summed E-state index contributed by atoms with van der Waals surface area (Å²) in [5.74, 6) is -0.124. The first-order chi connectivity index (χ1) is 8.81. The second-order valence-electron chi connectivity index (χ2n) is 4.53. The molecule has 18 heavy (non-hydrogen) atoms. The second kappa shape index (κ2) is 6.85. The van der Waals surface area contributed by atoms with E-state index < -0.39 is 0 Å². The van der Waals surface area contributed by atoms with Crippen molar-refractivity contribution in [3.8, 4) is 0 Å². The third-order valence-electron chi connectivity index (χ3n) is 3.29. The number of aromatic nitrogens is 1. The number of rotatable bonds is 5. The molecule has 0 spiro atoms. The summed E-state index contributed by atoms with van der Waals surface area (Å²) in [4.78, 5) is 18.5. The van der Waals surface area contributed by atoms with Gasteiger partial charge in [0.1, 0.15) is 0 Å². The van der Waals surface area contributed by atoms with E-state index in [0.717, 1.165) is 18.8 Å². The number of esters is 1. The first-order valence-corrected chi connectivity index (χ1v) is 7.53. The Morgan fingerprint density at radius 1 is 1.50 bits per heavy atom. The molecule has 0 amide bonds. The SMILES string of the molecule is CCOC(=O)CC(c1cscn1)N1CCCCC1. The van der Waals surface area contributed by atoms with E-state index in [1.54, 1.807) is 11.3 Å². The second-order valence-corrected chi connectivity index (χ2v) is 5.25. The first-order valence-electron chi connectivity index (χ1n) is 6.59. The number of piperidine rings is 1. The van der Waals surface area contributed by atoms with Crippen molar-refractivity contribution in [2.24, 2.45) is 0 Å². The van der Waals surface area contributed by atoms with Crippen molar-refractivity contribution in [3.05, 3.63) is 16.6 Å². The molecule has 1 aliphatic heterocycles. The monoisotopic (exact) mass is 268 g/mol. The molecule has 1 aromatic heterocycles. The Kier molecular flexibility index (Phi) is 5.13. The van der Waals surface area contributed by atoms with Gasteiger partial charge in [-0.2, -0.15) is 0 Å². The predicted octanol–water partition coefficient (Wildman–Crippen LogP) is 2.62. The molecule has 0 aromatic carbocycles. The average Bonchev–Trinajstić information content (AvgIpc) is 2.91. The van der Waals surface area contributed by atoms with Crippen LogP contribution in [0.3, 0.4) is 0 Å². The number of likely N-dealkylation sites (tertiary alicyclic amines) is 1. The molecule has 1 saturated heterocycles. The van der Waals surface area contributed by atoms with E-state index in [2.05, 4.69) is 9.88 Å². The summed E-state index contributed by atoms with van der Waals surface area (Å²) in [6, 6.07) is 0.0931. The average molecular weight is 268 g/mol. The molecule has 2 rings (SSSR count). The Labute approximate surface area is 112 Å². The molecule has 1 fully saturated rings. The van der Waals surface area contributed by atoms with Gasteiger partial charge in [0.25, 0.3) is 0 Å². The molecule has 0 bridgehead atoms. The van der Waals surface area contributed by atoms with E-state index in [4.69, 9.17) is 4.74 Å². The zero-order chi connectivity index (χ0) is 12.8. The van der Waals surface area contributed by atoms with Gasteiger partial charge in [-0.1, -0.05) is 6.42 Å². The number of hydrogen-bond acceptors (Lipinski definition) is 5. The normalized spacial score (nSPS) is 18.5. The van der Waals surface area contributed by atoms with E-state index in [1.807, 2.05) is 17.8 Å². The number of carbonyl (C=O) groups is 1. The molecule has 1 unspecified atom stereocenters. The Morgan fingerprint density at radius 3 is 2.89 bits per heavy atom. The summed E-state index contributed by atoms with van der Waals surface area (Å²) in [6.45, 7) is 4.41. The van der Waals surface area contributed by atoms with Crippen LogP contribution in [-0.2, 0) is 9.53 Å². The lowest BCUT2D eigenvalue weighted by atomic mass is 10.0. The fourth-order valence-corrected chi connectivity index (χ4v) is 3.02. The van der Waals surface area contributed by atoms with Gasteiger partial charge >= 0.3 is 5.97 Å². The highest BCUT2D eigenvalue weighted by Crippen LogP contribution is 2.27. The standard InChI is InChI=1S/C13H20N2O2S/c1-2-17-13(16)8-12(11-9-18-10-14-11)15-6-4-3-5-7-15/h9-10,12H,2-8H2,1H3. The van der Waals surface area contributed by atoms with E-state index >= 15 is 0 Å². The van der Waals surface area contributed by atoms with Gasteiger partial charge in [0.2, 0.25) is 0 Å². The molecular formula is C13H20N2O2S. The van der Waals surface area contributed by atoms with Crippen LogP contribution in [0.5, 0.6) is 0 Å². The molecule has 0 N–H and O–H groups in total. The number of carbonyl (C=O) groups excluding carboxylic acids is 1. The summed E-state index contributed by atoms with van der Waals surface area (Å²) in [6.07, 6.45) is 4.13. The van der Waals surface area contributed by atoms with Crippen LogP contribution in [0.2, 0.25) is 0 Å². The van der Waals surface area contributed by atoms with Gasteiger partial charge in [-0.05, 0) is 32.9 Å². The highest BCUT2D eigenvalue weighted by atomic mass is 32.1. The largest absolute Gasteiger partial charge is 0.466 e. The van der Waals surface area contributed by atoms with Crippen LogP contribution >= 0.6 is 11.3 Å². The Morgan fingerprint density at radius 2 is 2.28 bits per heavy atom. The van der Waals surface area contributed by atoms with Crippen LogP contribution in [0.4, 0.5) is 0 Å². The summed E-state index contributed by atoms with van der Waals surface area (Å²) >= 11 is 1.58. The molecule has 4 nitrogen and oxygen atoms in total. The molecule has 2 heterocycles. The van der Waals surface area contributed by atoms with Gasteiger partial charge in [-0.15, -0.1) is 11.3 Å². The molecule has 0 radical (unpaired) electrons. The summed E-state index contributed by atoms with van der Waals surface area (Å²) in [5, 5.41) is 2.04. The molecule has 100 valence electrons. The van der Waals surface area contributed by atoms with Crippen molar-refractivity contribution >= 4 is 17.3 Å². The maximum absolute atomic E-state index is 11.7. The van der Waals surface area contributed by atoms with Crippen molar-refractivity contribution in [1.29, 1.82) is 0 Å². The van der Waals surface area contributed by atoms with Crippen LogP contribution < -0.4 is 0 Å². The minimum atomic E-state index is -0.124. The van der Waals surface area contributed by atoms with Crippen LogP contribution in [0.1, 0.15) is 44.3 Å². The number of nitrogens with zero attached hydrogens (tertiary/aromatic N) is 2. The van der Waals surface area contributed by atoms with E-state index in [1.165, 1.54) is 19.3 Å². The van der Waals surface area contributed by atoms with Crippen LogP contribution in [-0.4, -0.2) is 35.5 Å². The molecule has 1 aliphatic rings. The van der Waals surface area contributed by atoms with Gasteiger partial charge in [0, 0.05) is 5.38 Å². The van der Waals surface area contributed by atoms with Crippen molar-refractivity contribution in [1.82, 2.24) is 9.88 Å². The summed E-state index contributed by atoms with van der Waals surface area (Å²) < 4.78 is 5.07. The van der Waals surface area contributed by atoms with Gasteiger partial charge in [0.05, 0.1) is 30.3 Å². The highest BCUT2D eigenvalue weighted by Gasteiger charge is 2.26. The summed E-state index contributed by atoms with van der Waals surface area (Å²) in [7, 11) is 0. The maximum atomic E-state index is 11.7. The fraction of sp³-hybridized carbons (Fsp3) is 0.692. The molecule has 0 aliphatic carbocycles. The van der Waals surface area contributed by atoms with Gasteiger partial charge in [-0.3, -0.25) is 9.69 Å². The Hall–Kier alpha value is -0.940. The number of thiazole rings is 1. The van der Waals surface area contributed by atoms with Crippen molar-refractivity contribution in [3.63, 3.8) is 0 Å². The van der Waals surface area contributed by atoms with Crippen LogP contribution in [0.15, 0.2) is 10.9 Å². The highest BCUT2D eigenvalue weighted by molar-refractivity contribution is 7.07. The predicted molar refractivity (Wildman–Crippen MR) is 71.5 cm³/mol. The van der Waals surface area contributed by atoms with Crippen molar-refractivity contribution in [2.45, 2.75) is 38.6 Å². The maximum Gasteiger partial charge on any atom is 0.307 e. The third kappa shape index (κ3) is 3.53. The molecule has 0 saturated carbocycles. The van der Waals surface area contributed by atoms with Gasteiger partial charge in [0.15, 0.2) is 0 Å². The van der Waals surface area contributed by atoms with E-state index in [-0.39, 0.29) is 12.0 Å². The molecule has 1 atom stereocenters. The van der Waals surface area contributed by atoms with Gasteiger partial charge in [-0.25, -0.2) is 4.98 Å². The zero-order valence-corrected chi connectivity index (χ0v) is 11.6. The fourth-order valence-electron chi connectivity index (χ4n) is 2.41. The number of hydrogen-bond donors (Lipinski definition) is 0. The number of ether oxygens (including phenoxy) is 1. The van der Waals surface area contributed by atoms with Crippen LogP contribution in [0, 0.1) is 0 Å².